The summed E-state index contributed by atoms with van der Waals surface area (Å²) in [7, 11) is 0. The summed E-state index contributed by atoms with van der Waals surface area (Å²) in [6, 6.07) is 18.7. The Morgan fingerprint density at radius 2 is 1.73 bits per heavy atom. The molecule has 1 saturated heterocycles. The first-order valence-corrected chi connectivity index (χ1v) is 10.7. The van der Waals surface area contributed by atoms with Crippen molar-refractivity contribution in [1.82, 2.24) is 10.4 Å². The number of hydrogen-bond acceptors (Lipinski definition) is 7. The Hall–Kier alpha value is -2.39. The zero-order valence-electron chi connectivity index (χ0n) is 16.8. The van der Waals surface area contributed by atoms with Crippen LogP contribution in [0.25, 0.3) is 0 Å². The van der Waals surface area contributed by atoms with Gasteiger partial charge in [0.2, 0.25) is 0 Å². The minimum absolute atomic E-state index is 0.127. The Morgan fingerprint density at radius 1 is 1.07 bits per heavy atom. The average Bonchev–Trinajstić information content (AvgIpc) is 3.03. The summed E-state index contributed by atoms with van der Waals surface area (Å²) >= 11 is 0.987. The first kappa shape index (κ1) is 22.3. The predicted octanol–water partition coefficient (Wildman–Crippen LogP) is 2.64. The lowest BCUT2D eigenvalue weighted by atomic mass is 10.1. The van der Waals surface area contributed by atoms with Crippen LogP contribution in [-0.2, 0) is 16.1 Å². The van der Waals surface area contributed by atoms with Gasteiger partial charge in [0.15, 0.2) is 0 Å². The second kappa shape index (κ2) is 11.1. The lowest BCUT2D eigenvalue weighted by molar-refractivity contribution is -0.165. The van der Waals surface area contributed by atoms with E-state index < -0.39 is 16.6 Å². The highest BCUT2D eigenvalue weighted by atomic mass is 32.2. The lowest BCUT2D eigenvalue weighted by Crippen LogP contribution is -2.41. The smallest absolute Gasteiger partial charge is 0.313 e. The van der Waals surface area contributed by atoms with Gasteiger partial charge in [0.25, 0.3) is 5.91 Å². The average molecular weight is 431 g/mol. The molecular formula is C22H26N2O5S. The molecule has 0 saturated carbocycles. The molecule has 3 rings (SSSR count). The largest absolute Gasteiger partial charge is 0.491 e. The topological polar surface area (TPSA) is 88.1 Å². The van der Waals surface area contributed by atoms with Gasteiger partial charge in [0, 0.05) is 12.6 Å². The molecule has 8 heteroatoms. The zero-order valence-corrected chi connectivity index (χ0v) is 17.6. The number of thioether (sulfide) groups is 1. The highest BCUT2D eigenvalue weighted by Crippen LogP contribution is 2.29. The fraction of sp³-hybridized carbons (Fsp3) is 0.364. The molecule has 1 heterocycles. The van der Waals surface area contributed by atoms with Gasteiger partial charge in [-0.25, -0.2) is 0 Å². The maximum atomic E-state index is 12.5. The van der Waals surface area contributed by atoms with Gasteiger partial charge in [-0.3, -0.25) is 14.4 Å². The molecular weight excluding hydrogens is 404 g/mol. The summed E-state index contributed by atoms with van der Waals surface area (Å²) < 4.78 is 5.51. The molecule has 0 radical (unpaired) electrons. The van der Waals surface area contributed by atoms with E-state index in [1.807, 2.05) is 67.6 Å². The molecule has 30 heavy (non-hydrogen) atoms. The number of carbonyl (C=O) groups excluding carboxylic acids is 2. The zero-order chi connectivity index (χ0) is 21.3. The number of ether oxygens (including phenoxy) is 1. The van der Waals surface area contributed by atoms with Crippen LogP contribution in [0.15, 0.2) is 60.7 Å². The van der Waals surface area contributed by atoms with Crippen LogP contribution in [0.2, 0.25) is 0 Å². The van der Waals surface area contributed by atoms with Crippen molar-refractivity contribution >= 4 is 22.9 Å². The first-order chi connectivity index (χ1) is 14.5. The number of para-hydroxylation sites is 1. The van der Waals surface area contributed by atoms with Crippen molar-refractivity contribution < 1.29 is 24.3 Å². The van der Waals surface area contributed by atoms with E-state index in [4.69, 9.17) is 9.57 Å². The van der Waals surface area contributed by atoms with Gasteiger partial charge in [-0.2, -0.15) is 0 Å². The molecule has 3 unspecified atom stereocenters. The number of carbonyl (C=O) groups is 2. The molecule has 2 amide bonds. The van der Waals surface area contributed by atoms with E-state index in [0.29, 0.717) is 18.7 Å². The number of imide groups is 1. The number of hydroxylamine groups is 2. The summed E-state index contributed by atoms with van der Waals surface area (Å²) in [4.78, 5) is 30.1. The number of hydrogen-bond donors (Lipinski definition) is 2. The molecule has 0 aliphatic carbocycles. The number of amides is 2. The van der Waals surface area contributed by atoms with Gasteiger partial charge in [0.1, 0.15) is 18.5 Å². The van der Waals surface area contributed by atoms with Crippen molar-refractivity contribution in [3.63, 3.8) is 0 Å². The summed E-state index contributed by atoms with van der Waals surface area (Å²) in [6.07, 6.45) is -0.217. The van der Waals surface area contributed by atoms with Crippen molar-refractivity contribution in [2.45, 2.75) is 30.7 Å². The first-order valence-electron chi connectivity index (χ1n) is 9.83. The van der Waals surface area contributed by atoms with Crippen molar-refractivity contribution in [3.05, 3.63) is 66.2 Å². The van der Waals surface area contributed by atoms with E-state index >= 15 is 0 Å². The Bertz CT molecular complexity index is 821. The maximum Gasteiger partial charge on any atom is 0.313 e. The molecule has 3 atom stereocenters. The second-order valence-electron chi connectivity index (χ2n) is 7.08. The molecule has 0 spiro atoms. The standard InChI is InChI=1S/C22H26N2O5S/c1-16(23-13-18(25)15-28-19-10-6-3-7-11-19)14-29-24-21(26)20(30-22(24)27)12-17-8-4-2-5-9-17/h2-11,16,18,20,23,25H,12-15H2,1H3. The molecule has 1 aliphatic rings. The van der Waals surface area contributed by atoms with Crippen molar-refractivity contribution in [2.24, 2.45) is 0 Å². The molecule has 160 valence electrons. The molecule has 0 bridgehead atoms. The van der Waals surface area contributed by atoms with Crippen molar-refractivity contribution in [2.75, 3.05) is 19.8 Å². The summed E-state index contributed by atoms with van der Waals surface area (Å²) in [5.74, 6) is 0.360. The normalized spacial score (nSPS) is 18.5. The minimum Gasteiger partial charge on any atom is -0.491 e. The van der Waals surface area contributed by atoms with Gasteiger partial charge in [-0.05, 0) is 42.8 Å². The van der Waals surface area contributed by atoms with Gasteiger partial charge in [-0.15, -0.1) is 5.06 Å². The van der Waals surface area contributed by atoms with Crippen LogP contribution in [0.1, 0.15) is 12.5 Å². The Labute approximate surface area is 180 Å². The van der Waals surface area contributed by atoms with E-state index in [0.717, 1.165) is 22.4 Å². The summed E-state index contributed by atoms with van der Waals surface area (Å²) in [5.41, 5.74) is 1.000. The lowest BCUT2D eigenvalue weighted by Gasteiger charge is -2.20. The number of aliphatic hydroxyl groups is 1. The quantitative estimate of drug-likeness (QED) is 0.567. The van der Waals surface area contributed by atoms with Gasteiger partial charge >= 0.3 is 5.24 Å². The van der Waals surface area contributed by atoms with E-state index in [-0.39, 0.29) is 25.2 Å². The van der Waals surface area contributed by atoms with E-state index in [9.17, 15) is 14.7 Å². The minimum atomic E-state index is -0.700. The van der Waals surface area contributed by atoms with Gasteiger partial charge < -0.3 is 15.2 Å². The van der Waals surface area contributed by atoms with Crippen LogP contribution >= 0.6 is 11.8 Å². The predicted molar refractivity (Wildman–Crippen MR) is 115 cm³/mol. The van der Waals surface area contributed by atoms with Crippen LogP contribution in [0.4, 0.5) is 4.79 Å². The van der Waals surface area contributed by atoms with Crippen molar-refractivity contribution in [1.29, 1.82) is 0 Å². The van der Waals surface area contributed by atoms with E-state index in [1.54, 1.807) is 0 Å². The highest BCUT2D eigenvalue weighted by molar-refractivity contribution is 8.15. The third-order valence-electron chi connectivity index (χ3n) is 4.49. The Kier molecular flexibility index (Phi) is 8.27. The maximum absolute atomic E-state index is 12.5. The van der Waals surface area contributed by atoms with Crippen molar-refractivity contribution in [3.8, 4) is 5.75 Å². The second-order valence-corrected chi connectivity index (χ2v) is 8.23. The number of aliphatic hydroxyl groups excluding tert-OH is 1. The molecule has 1 fully saturated rings. The van der Waals surface area contributed by atoms with Gasteiger partial charge in [-0.1, -0.05) is 48.5 Å². The van der Waals surface area contributed by atoms with E-state index in [2.05, 4.69) is 5.32 Å². The van der Waals surface area contributed by atoms with Crippen LogP contribution in [0.3, 0.4) is 0 Å². The Morgan fingerprint density at radius 3 is 2.43 bits per heavy atom. The van der Waals surface area contributed by atoms with Crippen LogP contribution in [0.5, 0.6) is 5.75 Å². The SMILES string of the molecule is CC(CON1C(=O)SC(Cc2ccccc2)C1=O)NCC(O)COc1ccccc1. The molecule has 2 N–H and O–H groups in total. The van der Waals surface area contributed by atoms with Crippen LogP contribution < -0.4 is 10.1 Å². The van der Waals surface area contributed by atoms with Crippen LogP contribution in [0, 0.1) is 0 Å². The van der Waals surface area contributed by atoms with E-state index in [1.165, 1.54) is 0 Å². The molecule has 1 aliphatic heterocycles. The number of nitrogens with one attached hydrogen (secondary N) is 1. The van der Waals surface area contributed by atoms with Crippen LogP contribution in [-0.4, -0.2) is 58.5 Å². The molecule has 0 aromatic heterocycles. The third kappa shape index (κ3) is 6.56. The molecule has 7 nitrogen and oxygen atoms in total. The van der Waals surface area contributed by atoms with Gasteiger partial charge in [0.05, 0.1) is 11.9 Å². The number of rotatable bonds is 11. The monoisotopic (exact) mass is 430 g/mol. The fourth-order valence-electron chi connectivity index (χ4n) is 2.86. The third-order valence-corrected chi connectivity index (χ3v) is 5.51. The number of nitrogens with zero attached hydrogens (tertiary/aromatic N) is 1. The highest BCUT2D eigenvalue weighted by Gasteiger charge is 2.41. The molecule has 2 aromatic rings. The number of benzene rings is 2. The summed E-state index contributed by atoms with van der Waals surface area (Å²) in [6.45, 7) is 2.43. The fourth-order valence-corrected chi connectivity index (χ4v) is 3.82. The Balaban J connectivity index is 1.37. The summed E-state index contributed by atoms with van der Waals surface area (Å²) in [5, 5.41) is 13.1. The molecule has 2 aromatic carbocycles.